The Balaban J connectivity index is 1.77. The summed E-state index contributed by atoms with van der Waals surface area (Å²) < 4.78 is 6.67. The van der Waals surface area contributed by atoms with Crippen molar-refractivity contribution in [1.82, 2.24) is 14.9 Å². The number of aryl methyl sites for hydroxylation is 1. The highest BCUT2D eigenvalue weighted by Crippen LogP contribution is 2.34. The lowest BCUT2D eigenvalue weighted by atomic mass is 10.1. The highest BCUT2D eigenvalue weighted by Gasteiger charge is 2.26. The van der Waals surface area contributed by atoms with Crippen molar-refractivity contribution in [2.75, 3.05) is 26.0 Å². The number of carbonyl (C=O) groups excluding carboxylic acids is 1. The Morgan fingerprint density at radius 2 is 2.18 bits per heavy atom. The van der Waals surface area contributed by atoms with Crippen LogP contribution in [0.3, 0.4) is 0 Å². The van der Waals surface area contributed by atoms with Gasteiger partial charge in [-0.25, -0.2) is 4.98 Å². The zero-order chi connectivity index (χ0) is 19.9. The molecular formula is C20H25N3O3S2. The molecule has 1 aliphatic rings. The molecule has 0 radical (unpaired) electrons. The largest absolute Gasteiger partial charge is 0.383 e. The monoisotopic (exact) mass is 419 g/mol. The summed E-state index contributed by atoms with van der Waals surface area (Å²) in [5, 5.41) is 3.78. The number of methoxy groups -OCH3 is 1. The SMILES string of the molecule is COCCNC(=O)CSc1nc2c(c(=O)n1CCc1ccccc1)SC(C)C2. The lowest BCUT2D eigenvalue weighted by molar-refractivity contribution is -0.118. The van der Waals surface area contributed by atoms with Crippen molar-refractivity contribution < 1.29 is 9.53 Å². The Hall–Kier alpha value is -1.77. The lowest BCUT2D eigenvalue weighted by Gasteiger charge is -2.13. The summed E-state index contributed by atoms with van der Waals surface area (Å²) in [7, 11) is 1.60. The van der Waals surface area contributed by atoms with Crippen molar-refractivity contribution in [2.24, 2.45) is 0 Å². The number of aromatic nitrogens is 2. The first-order chi connectivity index (χ1) is 13.6. The van der Waals surface area contributed by atoms with Crippen LogP contribution in [0.1, 0.15) is 18.2 Å². The Kier molecular flexibility index (Phi) is 7.58. The molecule has 1 N–H and O–H groups in total. The van der Waals surface area contributed by atoms with E-state index in [1.54, 1.807) is 23.4 Å². The minimum absolute atomic E-state index is 0.0116. The van der Waals surface area contributed by atoms with E-state index in [2.05, 4.69) is 24.4 Å². The summed E-state index contributed by atoms with van der Waals surface area (Å²) in [4.78, 5) is 30.6. The average molecular weight is 420 g/mol. The van der Waals surface area contributed by atoms with Crippen molar-refractivity contribution >= 4 is 29.4 Å². The number of fused-ring (bicyclic) bond motifs is 1. The van der Waals surface area contributed by atoms with Crippen LogP contribution in [0.25, 0.3) is 0 Å². The number of nitrogens with one attached hydrogen (secondary N) is 1. The minimum atomic E-state index is -0.0888. The third-order valence-electron chi connectivity index (χ3n) is 4.39. The molecule has 1 unspecified atom stereocenters. The van der Waals surface area contributed by atoms with Gasteiger partial charge >= 0.3 is 0 Å². The van der Waals surface area contributed by atoms with Gasteiger partial charge in [-0.05, 0) is 12.0 Å². The maximum Gasteiger partial charge on any atom is 0.268 e. The van der Waals surface area contributed by atoms with Crippen LogP contribution >= 0.6 is 23.5 Å². The van der Waals surface area contributed by atoms with Gasteiger partial charge in [0.2, 0.25) is 5.91 Å². The zero-order valence-electron chi connectivity index (χ0n) is 16.1. The van der Waals surface area contributed by atoms with E-state index in [-0.39, 0.29) is 17.2 Å². The topological polar surface area (TPSA) is 73.2 Å². The molecule has 0 bridgehead atoms. The maximum absolute atomic E-state index is 13.1. The number of carbonyl (C=O) groups is 1. The fourth-order valence-corrected chi connectivity index (χ4v) is 4.98. The fourth-order valence-electron chi connectivity index (χ4n) is 3.00. The van der Waals surface area contributed by atoms with Crippen LogP contribution in [-0.4, -0.2) is 46.7 Å². The quantitative estimate of drug-likeness (QED) is 0.382. The number of ether oxygens (including phenoxy) is 1. The Labute approximate surface area is 173 Å². The van der Waals surface area contributed by atoms with Crippen molar-refractivity contribution in [3.63, 3.8) is 0 Å². The fraction of sp³-hybridized carbons (Fsp3) is 0.450. The van der Waals surface area contributed by atoms with Gasteiger partial charge in [-0.2, -0.15) is 0 Å². The van der Waals surface area contributed by atoms with Crippen molar-refractivity contribution in [3.05, 3.63) is 51.9 Å². The predicted octanol–water partition coefficient (Wildman–Crippen LogP) is 2.38. The molecule has 3 rings (SSSR count). The van der Waals surface area contributed by atoms with E-state index >= 15 is 0 Å². The molecule has 0 aliphatic carbocycles. The van der Waals surface area contributed by atoms with Crippen LogP contribution in [0, 0.1) is 0 Å². The van der Waals surface area contributed by atoms with Crippen LogP contribution in [0.15, 0.2) is 45.2 Å². The second kappa shape index (κ2) is 10.1. The molecule has 2 aromatic rings. The van der Waals surface area contributed by atoms with Gasteiger partial charge < -0.3 is 10.1 Å². The summed E-state index contributed by atoms with van der Waals surface area (Å²) in [6, 6.07) is 10.1. The second-order valence-corrected chi connectivity index (χ2v) is 9.02. The van der Waals surface area contributed by atoms with E-state index in [4.69, 9.17) is 9.72 Å². The smallest absolute Gasteiger partial charge is 0.268 e. The molecule has 28 heavy (non-hydrogen) atoms. The molecular weight excluding hydrogens is 394 g/mol. The first-order valence-electron chi connectivity index (χ1n) is 9.31. The van der Waals surface area contributed by atoms with Crippen molar-refractivity contribution in [2.45, 2.75) is 41.6 Å². The second-order valence-electron chi connectivity index (χ2n) is 6.63. The van der Waals surface area contributed by atoms with Gasteiger partial charge in [0.25, 0.3) is 5.56 Å². The summed E-state index contributed by atoms with van der Waals surface area (Å²) >= 11 is 2.92. The standard InChI is InChI=1S/C20H25N3O3S2/c1-14-12-16-18(28-14)19(25)23(10-8-15-6-4-3-5-7-15)20(22-16)27-13-17(24)21-9-11-26-2/h3-7,14H,8-13H2,1-2H3,(H,21,24). The minimum Gasteiger partial charge on any atom is -0.383 e. The first-order valence-corrected chi connectivity index (χ1v) is 11.2. The van der Waals surface area contributed by atoms with E-state index in [1.807, 2.05) is 18.2 Å². The molecule has 0 saturated carbocycles. The van der Waals surface area contributed by atoms with E-state index < -0.39 is 0 Å². The van der Waals surface area contributed by atoms with Gasteiger partial charge in [-0.1, -0.05) is 49.0 Å². The third-order valence-corrected chi connectivity index (χ3v) is 6.58. The summed E-state index contributed by atoms with van der Waals surface area (Å²) in [6.45, 7) is 3.61. The molecule has 0 fully saturated rings. The van der Waals surface area contributed by atoms with Crippen LogP contribution in [0.5, 0.6) is 0 Å². The Bertz CT molecular complexity index is 871. The molecule has 1 aromatic heterocycles. The molecule has 2 heterocycles. The van der Waals surface area contributed by atoms with E-state index in [1.165, 1.54) is 17.3 Å². The summed E-state index contributed by atoms with van der Waals surface area (Å²) in [5.74, 6) is 0.136. The molecule has 1 amide bonds. The number of rotatable bonds is 9. The number of thioether (sulfide) groups is 2. The third kappa shape index (κ3) is 5.40. The average Bonchev–Trinajstić information content (AvgIpc) is 3.07. The highest BCUT2D eigenvalue weighted by molar-refractivity contribution is 8.00. The number of nitrogens with zero attached hydrogens (tertiary/aromatic N) is 2. The maximum atomic E-state index is 13.1. The van der Waals surface area contributed by atoms with Gasteiger partial charge in [0.05, 0.1) is 22.9 Å². The van der Waals surface area contributed by atoms with Gasteiger partial charge in [0, 0.05) is 31.9 Å². The molecule has 6 nitrogen and oxygen atoms in total. The van der Waals surface area contributed by atoms with E-state index in [0.717, 1.165) is 23.4 Å². The lowest BCUT2D eigenvalue weighted by Crippen LogP contribution is -2.30. The van der Waals surface area contributed by atoms with Gasteiger partial charge in [0.15, 0.2) is 5.16 Å². The normalized spacial score (nSPS) is 15.4. The van der Waals surface area contributed by atoms with Crippen LogP contribution < -0.4 is 10.9 Å². The Morgan fingerprint density at radius 1 is 1.39 bits per heavy atom. The van der Waals surface area contributed by atoms with Crippen molar-refractivity contribution in [3.8, 4) is 0 Å². The highest BCUT2D eigenvalue weighted by atomic mass is 32.2. The van der Waals surface area contributed by atoms with Crippen LogP contribution in [-0.2, 0) is 28.9 Å². The molecule has 1 aliphatic heterocycles. The molecule has 8 heteroatoms. The molecule has 1 aromatic carbocycles. The molecule has 0 spiro atoms. The zero-order valence-corrected chi connectivity index (χ0v) is 17.8. The predicted molar refractivity (Wildman–Crippen MR) is 113 cm³/mol. The van der Waals surface area contributed by atoms with E-state index in [0.29, 0.717) is 30.1 Å². The first kappa shape index (κ1) is 21.0. The summed E-state index contributed by atoms with van der Waals surface area (Å²) in [5.41, 5.74) is 2.04. The number of hydrogen-bond acceptors (Lipinski definition) is 6. The summed E-state index contributed by atoms with van der Waals surface area (Å²) in [6.07, 6.45) is 1.54. The van der Waals surface area contributed by atoms with Crippen molar-refractivity contribution in [1.29, 1.82) is 0 Å². The van der Waals surface area contributed by atoms with E-state index in [9.17, 15) is 9.59 Å². The molecule has 0 saturated heterocycles. The number of hydrogen-bond donors (Lipinski definition) is 1. The van der Waals surface area contributed by atoms with Crippen LogP contribution in [0.4, 0.5) is 0 Å². The molecule has 1 atom stereocenters. The van der Waals surface area contributed by atoms with Gasteiger partial charge in [0.1, 0.15) is 0 Å². The number of benzene rings is 1. The molecule has 150 valence electrons. The van der Waals surface area contributed by atoms with Crippen LogP contribution in [0.2, 0.25) is 0 Å². The Morgan fingerprint density at radius 3 is 2.93 bits per heavy atom. The van der Waals surface area contributed by atoms with Gasteiger partial charge in [-0.15, -0.1) is 11.8 Å². The van der Waals surface area contributed by atoms with Gasteiger partial charge in [-0.3, -0.25) is 14.2 Å². The number of amides is 1.